The van der Waals surface area contributed by atoms with Crippen molar-refractivity contribution in [3.05, 3.63) is 53.3 Å². The van der Waals surface area contributed by atoms with E-state index in [9.17, 15) is 22.4 Å². The van der Waals surface area contributed by atoms with Crippen molar-refractivity contribution in [2.24, 2.45) is 5.92 Å². The highest BCUT2D eigenvalue weighted by atomic mass is 35.5. The number of sulfonamides is 1. The van der Waals surface area contributed by atoms with Gasteiger partial charge in [-0.25, -0.2) is 12.8 Å². The molecule has 7 nitrogen and oxygen atoms in total. The Morgan fingerprint density at radius 2 is 1.89 bits per heavy atom. The number of halogens is 2. The molecule has 2 aromatic rings. The molecule has 0 radical (unpaired) electrons. The molecule has 2 N–H and O–H groups in total. The third-order valence-electron chi connectivity index (χ3n) is 4.11. The molecule has 0 unspecified atom stereocenters. The molecule has 1 atom stereocenters. The monoisotopic (exact) mass is 412 g/mol. The lowest BCUT2D eigenvalue weighted by molar-refractivity contribution is -0.141. The molecule has 1 heterocycles. The van der Waals surface area contributed by atoms with Crippen LogP contribution in [0.25, 0.3) is 0 Å². The Labute approximate surface area is 159 Å². The molecule has 1 aliphatic rings. The molecule has 1 fully saturated rings. The molecule has 1 saturated heterocycles. The minimum absolute atomic E-state index is 0.0289. The van der Waals surface area contributed by atoms with Gasteiger partial charge in [-0.15, -0.1) is 0 Å². The van der Waals surface area contributed by atoms with E-state index in [-0.39, 0.29) is 34.5 Å². The molecular weight excluding hydrogens is 399 g/mol. The van der Waals surface area contributed by atoms with Crippen molar-refractivity contribution in [1.82, 2.24) is 0 Å². The Morgan fingerprint density at radius 3 is 2.44 bits per heavy atom. The second-order valence-electron chi connectivity index (χ2n) is 5.97. The molecular formula is C17H14ClFN2O5S. The maximum absolute atomic E-state index is 13.1. The summed E-state index contributed by atoms with van der Waals surface area (Å²) in [6.45, 7) is 0.0314. The maximum atomic E-state index is 13.1. The van der Waals surface area contributed by atoms with Crippen molar-refractivity contribution in [1.29, 1.82) is 0 Å². The van der Waals surface area contributed by atoms with Gasteiger partial charge >= 0.3 is 5.97 Å². The maximum Gasteiger partial charge on any atom is 0.308 e. The van der Waals surface area contributed by atoms with Gasteiger partial charge < -0.3 is 10.0 Å². The normalized spacial score (nSPS) is 17.2. The topological polar surface area (TPSA) is 104 Å². The van der Waals surface area contributed by atoms with Crippen molar-refractivity contribution < 1.29 is 27.5 Å². The van der Waals surface area contributed by atoms with E-state index < -0.39 is 27.7 Å². The fourth-order valence-electron chi connectivity index (χ4n) is 2.70. The van der Waals surface area contributed by atoms with Gasteiger partial charge in [0.25, 0.3) is 10.0 Å². The number of nitrogens with one attached hydrogen (secondary N) is 1. The summed E-state index contributed by atoms with van der Waals surface area (Å²) in [6, 6.07) is 8.68. The van der Waals surface area contributed by atoms with Crippen molar-refractivity contribution in [3.8, 4) is 0 Å². The summed E-state index contributed by atoms with van der Waals surface area (Å²) in [4.78, 5) is 24.2. The fourth-order valence-corrected chi connectivity index (χ4v) is 4.05. The molecule has 0 aliphatic carbocycles. The SMILES string of the molecule is O=C(O)[C@H]1CC(=O)N(c2ccc(S(=O)(=O)Nc3ccc(F)cc3Cl)cc2)C1. The Bertz CT molecular complexity index is 1010. The summed E-state index contributed by atoms with van der Waals surface area (Å²) in [5.41, 5.74) is 0.434. The molecule has 1 aliphatic heterocycles. The van der Waals surface area contributed by atoms with Crippen LogP contribution in [0.2, 0.25) is 5.02 Å². The molecule has 0 spiro atoms. The predicted octanol–water partition coefficient (Wildman–Crippen LogP) is 2.72. The van der Waals surface area contributed by atoms with E-state index in [0.717, 1.165) is 12.1 Å². The zero-order chi connectivity index (χ0) is 19.8. The summed E-state index contributed by atoms with van der Waals surface area (Å²) in [7, 11) is -3.98. The number of carbonyl (C=O) groups is 2. The third-order valence-corrected chi connectivity index (χ3v) is 5.80. The van der Waals surface area contributed by atoms with Crippen LogP contribution in [0.1, 0.15) is 6.42 Å². The van der Waals surface area contributed by atoms with Gasteiger partial charge in [-0.1, -0.05) is 11.6 Å². The van der Waals surface area contributed by atoms with Gasteiger partial charge in [0.2, 0.25) is 5.91 Å². The number of anilines is 2. The number of aliphatic carboxylic acids is 1. The molecule has 2 aromatic carbocycles. The van der Waals surface area contributed by atoms with Crippen LogP contribution in [0.3, 0.4) is 0 Å². The number of rotatable bonds is 5. The first-order chi connectivity index (χ1) is 12.7. The van der Waals surface area contributed by atoms with E-state index in [4.69, 9.17) is 16.7 Å². The predicted molar refractivity (Wildman–Crippen MR) is 96.8 cm³/mol. The Balaban J connectivity index is 1.80. The Morgan fingerprint density at radius 1 is 1.22 bits per heavy atom. The van der Waals surface area contributed by atoms with E-state index in [1.807, 2.05) is 0 Å². The van der Waals surface area contributed by atoms with Crippen molar-refractivity contribution in [2.75, 3.05) is 16.2 Å². The van der Waals surface area contributed by atoms with Crippen LogP contribution in [0.4, 0.5) is 15.8 Å². The number of nitrogens with zero attached hydrogens (tertiary/aromatic N) is 1. The van der Waals surface area contributed by atoms with Gasteiger partial charge in [0, 0.05) is 18.7 Å². The standard InChI is InChI=1S/C17H14ClFN2O5S/c18-14-8-11(19)1-6-15(14)20-27(25,26)13-4-2-12(3-5-13)21-9-10(17(23)24)7-16(21)22/h1-6,8,10,20H,7,9H2,(H,23,24)/t10-/m0/s1. The highest BCUT2D eigenvalue weighted by molar-refractivity contribution is 7.92. The minimum atomic E-state index is -3.98. The molecule has 0 aromatic heterocycles. The number of benzene rings is 2. The zero-order valence-corrected chi connectivity index (χ0v) is 15.3. The van der Waals surface area contributed by atoms with Gasteiger partial charge in [0.15, 0.2) is 0 Å². The second-order valence-corrected chi connectivity index (χ2v) is 8.06. The number of hydrogen-bond donors (Lipinski definition) is 2. The third kappa shape index (κ3) is 4.04. The molecule has 1 amide bonds. The van der Waals surface area contributed by atoms with E-state index >= 15 is 0 Å². The Hall–Kier alpha value is -2.65. The van der Waals surface area contributed by atoms with Crippen LogP contribution in [0.5, 0.6) is 0 Å². The lowest BCUT2D eigenvalue weighted by Crippen LogP contribution is -2.25. The Kier molecular flexibility index (Phi) is 5.07. The summed E-state index contributed by atoms with van der Waals surface area (Å²) < 4.78 is 40.2. The quantitative estimate of drug-likeness (QED) is 0.785. The van der Waals surface area contributed by atoms with E-state index in [0.29, 0.717) is 5.69 Å². The number of carboxylic acids is 1. The number of carbonyl (C=O) groups excluding carboxylic acids is 1. The zero-order valence-electron chi connectivity index (χ0n) is 13.7. The minimum Gasteiger partial charge on any atom is -0.481 e. The van der Waals surface area contributed by atoms with Crippen LogP contribution in [-0.2, 0) is 19.6 Å². The lowest BCUT2D eigenvalue weighted by Gasteiger charge is -2.17. The van der Waals surface area contributed by atoms with Gasteiger partial charge in [0.1, 0.15) is 5.82 Å². The molecule has 0 saturated carbocycles. The van der Waals surface area contributed by atoms with Crippen molar-refractivity contribution >= 4 is 44.9 Å². The highest BCUT2D eigenvalue weighted by Gasteiger charge is 2.35. The second kappa shape index (κ2) is 7.16. The van der Waals surface area contributed by atoms with Crippen LogP contribution in [-0.4, -0.2) is 31.9 Å². The van der Waals surface area contributed by atoms with E-state index in [1.165, 1.54) is 35.2 Å². The van der Waals surface area contributed by atoms with Crippen LogP contribution in [0, 0.1) is 11.7 Å². The summed E-state index contributed by atoms with van der Waals surface area (Å²) in [5, 5.41) is 8.94. The molecule has 27 heavy (non-hydrogen) atoms. The van der Waals surface area contributed by atoms with Gasteiger partial charge in [-0.2, -0.15) is 0 Å². The number of carboxylic acid groups (broad SMARTS) is 1. The van der Waals surface area contributed by atoms with Gasteiger partial charge in [-0.05, 0) is 42.5 Å². The van der Waals surface area contributed by atoms with E-state index in [2.05, 4.69) is 4.72 Å². The van der Waals surface area contributed by atoms with E-state index in [1.54, 1.807) is 0 Å². The van der Waals surface area contributed by atoms with Gasteiger partial charge in [-0.3, -0.25) is 14.3 Å². The first-order valence-electron chi connectivity index (χ1n) is 7.78. The summed E-state index contributed by atoms with van der Waals surface area (Å²) in [6.07, 6.45) is -0.0972. The smallest absolute Gasteiger partial charge is 0.308 e. The van der Waals surface area contributed by atoms with Crippen LogP contribution in [0.15, 0.2) is 47.4 Å². The molecule has 0 bridgehead atoms. The lowest BCUT2D eigenvalue weighted by atomic mass is 10.1. The van der Waals surface area contributed by atoms with Crippen molar-refractivity contribution in [3.63, 3.8) is 0 Å². The van der Waals surface area contributed by atoms with Crippen molar-refractivity contribution in [2.45, 2.75) is 11.3 Å². The number of hydrogen-bond acceptors (Lipinski definition) is 4. The summed E-state index contributed by atoms with van der Waals surface area (Å²) >= 11 is 5.83. The molecule has 3 rings (SSSR count). The molecule has 10 heteroatoms. The average Bonchev–Trinajstić information content (AvgIpc) is 3.00. The highest BCUT2D eigenvalue weighted by Crippen LogP contribution is 2.28. The molecule has 142 valence electrons. The first kappa shape index (κ1) is 19.1. The van der Waals surface area contributed by atoms with Crippen LogP contribution >= 0.6 is 11.6 Å². The number of amides is 1. The average molecular weight is 413 g/mol. The first-order valence-corrected chi connectivity index (χ1v) is 9.64. The largest absolute Gasteiger partial charge is 0.481 e. The fraction of sp³-hybridized carbons (Fsp3) is 0.176. The van der Waals surface area contributed by atoms with Crippen LogP contribution < -0.4 is 9.62 Å². The van der Waals surface area contributed by atoms with Gasteiger partial charge in [0.05, 0.1) is 21.5 Å². The summed E-state index contributed by atoms with van der Waals surface area (Å²) in [5.74, 6) is -2.77.